The average Bonchev–Trinajstić information content (AvgIpc) is 2.40. The van der Waals surface area contributed by atoms with E-state index in [0.717, 1.165) is 25.4 Å². The molecule has 1 aliphatic heterocycles. The van der Waals surface area contributed by atoms with Crippen LogP contribution in [-0.2, 0) is 0 Å². The molecule has 1 aliphatic rings. The molecule has 1 saturated heterocycles. The number of anilines is 1. The van der Waals surface area contributed by atoms with Gasteiger partial charge in [-0.1, -0.05) is 19.9 Å². The van der Waals surface area contributed by atoms with E-state index in [1.54, 1.807) is 7.11 Å². The summed E-state index contributed by atoms with van der Waals surface area (Å²) in [5.74, 6) is 0.928. The van der Waals surface area contributed by atoms with Gasteiger partial charge in [-0.3, -0.25) is 0 Å². The van der Waals surface area contributed by atoms with Gasteiger partial charge < -0.3 is 14.5 Å². The molecular formula is C16H28N2O. The van der Waals surface area contributed by atoms with E-state index in [-0.39, 0.29) is 5.54 Å². The van der Waals surface area contributed by atoms with Crippen LogP contribution >= 0.6 is 0 Å². The van der Waals surface area contributed by atoms with Gasteiger partial charge in [0.05, 0.1) is 7.11 Å². The molecule has 2 rings (SSSR count). The van der Waals surface area contributed by atoms with Gasteiger partial charge in [0.15, 0.2) is 0 Å². The number of ether oxygens (including phenoxy) is 1. The molecule has 0 amide bonds. The SMILES string of the molecule is CC.COc1cccc(N2CCN(C)CC2(C)C)c1. The first-order valence-electron chi connectivity index (χ1n) is 7.13. The summed E-state index contributed by atoms with van der Waals surface area (Å²) in [4.78, 5) is 4.85. The van der Waals surface area contributed by atoms with Crippen LogP contribution in [0.5, 0.6) is 5.75 Å². The van der Waals surface area contributed by atoms with Gasteiger partial charge in [0.1, 0.15) is 5.75 Å². The smallest absolute Gasteiger partial charge is 0.120 e. The van der Waals surface area contributed by atoms with Gasteiger partial charge in [-0.25, -0.2) is 0 Å². The Hall–Kier alpha value is -1.22. The summed E-state index contributed by atoms with van der Waals surface area (Å²) >= 11 is 0. The van der Waals surface area contributed by atoms with Crippen LogP contribution in [-0.4, -0.2) is 44.2 Å². The first-order valence-corrected chi connectivity index (χ1v) is 7.13. The molecule has 3 nitrogen and oxygen atoms in total. The summed E-state index contributed by atoms with van der Waals surface area (Å²) in [7, 11) is 3.90. The maximum atomic E-state index is 5.30. The molecule has 0 bridgehead atoms. The lowest BCUT2D eigenvalue weighted by atomic mass is 9.98. The van der Waals surface area contributed by atoms with E-state index in [1.165, 1.54) is 5.69 Å². The van der Waals surface area contributed by atoms with Crippen molar-refractivity contribution in [1.82, 2.24) is 4.90 Å². The maximum Gasteiger partial charge on any atom is 0.120 e. The molecule has 1 aromatic carbocycles. The number of likely N-dealkylation sites (N-methyl/N-ethyl adjacent to an activating group) is 1. The molecule has 1 fully saturated rings. The number of piperazine rings is 1. The molecule has 19 heavy (non-hydrogen) atoms. The van der Waals surface area contributed by atoms with Gasteiger partial charge >= 0.3 is 0 Å². The molecule has 0 aliphatic carbocycles. The molecule has 0 N–H and O–H groups in total. The molecule has 1 heterocycles. The Labute approximate surface area is 118 Å². The van der Waals surface area contributed by atoms with Crippen molar-refractivity contribution in [3.63, 3.8) is 0 Å². The highest BCUT2D eigenvalue weighted by Crippen LogP contribution is 2.29. The predicted octanol–water partition coefficient (Wildman–Crippen LogP) is 3.25. The molecular weight excluding hydrogens is 236 g/mol. The fourth-order valence-electron chi connectivity index (χ4n) is 2.66. The van der Waals surface area contributed by atoms with E-state index in [9.17, 15) is 0 Å². The highest BCUT2D eigenvalue weighted by Gasteiger charge is 2.32. The number of rotatable bonds is 2. The molecule has 0 unspecified atom stereocenters. The minimum Gasteiger partial charge on any atom is -0.497 e. The second kappa shape index (κ2) is 6.80. The standard InChI is InChI=1S/C14H22N2O.C2H6/c1-14(2)11-15(3)8-9-16(14)12-6-5-7-13(10-12)17-4;1-2/h5-7,10H,8-9,11H2,1-4H3;1-2H3. The molecule has 0 atom stereocenters. The average molecular weight is 264 g/mol. The van der Waals surface area contributed by atoms with Crippen LogP contribution in [0.2, 0.25) is 0 Å². The lowest BCUT2D eigenvalue weighted by Gasteiger charge is -2.47. The molecule has 0 aromatic heterocycles. The Morgan fingerprint density at radius 3 is 2.42 bits per heavy atom. The largest absolute Gasteiger partial charge is 0.497 e. The van der Waals surface area contributed by atoms with Crippen LogP contribution in [0.15, 0.2) is 24.3 Å². The Morgan fingerprint density at radius 1 is 1.16 bits per heavy atom. The second-order valence-electron chi connectivity index (χ2n) is 5.40. The van der Waals surface area contributed by atoms with Crippen LogP contribution in [0.25, 0.3) is 0 Å². The highest BCUT2D eigenvalue weighted by molar-refractivity contribution is 5.53. The third-order valence-corrected chi connectivity index (χ3v) is 3.46. The summed E-state index contributed by atoms with van der Waals surface area (Å²) in [5, 5.41) is 0. The first-order chi connectivity index (χ1) is 9.03. The molecule has 0 saturated carbocycles. The van der Waals surface area contributed by atoms with Crippen molar-refractivity contribution < 1.29 is 4.74 Å². The summed E-state index contributed by atoms with van der Waals surface area (Å²) in [5.41, 5.74) is 1.42. The summed E-state index contributed by atoms with van der Waals surface area (Å²) in [6.07, 6.45) is 0. The lowest BCUT2D eigenvalue weighted by Crippen LogP contribution is -2.58. The van der Waals surface area contributed by atoms with E-state index in [0.29, 0.717) is 0 Å². The Morgan fingerprint density at radius 2 is 1.84 bits per heavy atom. The zero-order valence-electron chi connectivity index (χ0n) is 13.2. The van der Waals surface area contributed by atoms with Gasteiger partial charge in [0, 0.05) is 36.9 Å². The first kappa shape index (κ1) is 15.8. The number of nitrogens with zero attached hydrogens (tertiary/aromatic N) is 2. The van der Waals surface area contributed by atoms with Crippen molar-refractivity contribution in [3.05, 3.63) is 24.3 Å². The van der Waals surface area contributed by atoms with Crippen molar-refractivity contribution in [2.75, 3.05) is 38.7 Å². The van der Waals surface area contributed by atoms with Crippen LogP contribution in [0, 0.1) is 0 Å². The summed E-state index contributed by atoms with van der Waals surface area (Å²) < 4.78 is 5.30. The Balaban J connectivity index is 0.000000861. The van der Waals surface area contributed by atoms with E-state index < -0.39 is 0 Å². The van der Waals surface area contributed by atoms with E-state index in [4.69, 9.17) is 4.74 Å². The number of methoxy groups -OCH3 is 1. The maximum absolute atomic E-state index is 5.30. The molecule has 0 spiro atoms. The number of benzene rings is 1. The summed E-state index contributed by atoms with van der Waals surface area (Å²) in [6, 6.07) is 8.33. The zero-order valence-corrected chi connectivity index (χ0v) is 13.2. The van der Waals surface area contributed by atoms with Gasteiger partial charge in [0.2, 0.25) is 0 Å². The quantitative estimate of drug-likeness (QED) is 0.815. The van der Waals surface area contributed by atoms with Crippen molar-refractivity contribution >= 4 is 5.69 Å². The van der Waals surface area contributed by atoms with Crippen LogP contribution in [0.4, 0.5) is 5.69 Å². The van der Waals surface area contributed by atoms with Gasteiger partial charge in [-0.2, -0.15) is 0 Å². The van der Waals surface area contributed by atoms with Gasteiger partial charge in [-0.05, 0) is 33.0 Å². The third kappa shape index (κ3) is 3.87. The van der Waals surface area contributed by atoms with Gasteiger partial charge in [-0.15, -0.1) is 0 Å². The lowest BCUT2D eigenvalue weighted by molar-refractivity contribution is 0.218. The fourth-order valence-corrected chi connectivity index (χ4v) is 2.66. The predicted molar refractivity (Wildman–Crippen MR) is 83.3 cm³/mol. The molecule has 1 aromatic rings. The van der Waals surface area contributed by atoms with Gasteiger partial charge in [0.25, 0.3) is 0 Å². The van der Waals surface area contributed by atoms with Crippen LogP contribution in [0.3, 0.4) is 0 Å². The normalized spacial score (nSPS) is 18.5. The molecule has 108 valence electrons. The van der Waals surface area contributed by atoms with Crippen molar-refractivity contribution in [3.8, 4) is 5.75 Å². The summed E-state index contributed by atoms with van der Waals surface area (Å²) in [6.45, 7) is 11.9. The Kier molecular flexibility index (Phi) is 5.67. The zero-order chi connectivity index (χ0) is 14.5. The van der Waals surface area contributed by atoms with E-state index in [1.807, 2.05) is 19.9 Å². The topological polar surface area (TPSA) is 15.7 Å². The highest BCUT2D eigenvalue weighted by atomic mass is 16.5. The van der Waals surface area contributed by atoms with E-state index >= 15 is 0 Å². The monoisotopic (exact) mass is 264 g/mol. The Bertz CT molecular complexity index is 390. The minimum atomic E-state index is 0.166. The van der Waals surface area contributed by atoms with Crippen molar-refractivity contribution in [2.24, 2.45) is 0 Å². The fraction of sp³-hybridized carbons (Fsp3) is 0.625. The van der Waals surface area contributed by atoms with Crippen LogP contribution < -0.4 is 9.64 Å². The van der Waals surface area contributed by atoms with Crippen molar-refractivity contribution in [1.29, 1.82) is 0 Å². The minimum absolute atomic E-state index is 0.166. The molecule has 0 radical (unpaired) electrons. The number of hydrogen-bond acceptors (Lipinski definition) is 3. The number of hydrogen-bond donors (Lipinski definition) is 0. The third-order valence-electron chi connectivity index (χ3n) is 3.46. The van der Waals surface area contributed by atoms with E-state index in [2.05, 4.69) is 48.9 Å². The van der Waals surface area contributed by atoms with Crippen LogP contribution in [0.1, 0.15) is 27.7 Å². The second-order valence-corrected chi connectivity index (χ2v) is 5.40. The molecule has 3 heteroatoms. The van der Waals surface area contributed by atoms with Crippen molar-refractivity contribution in [2.45, 2.75) is 33.2 Å².